The molecule has 2 N–H and O–H groups in total. The van der Waals surface area contributed by atoms with Crippen LogP contribution in [0, 0.1) is 5.82 Å². The van der Waals surface area contributed by atoms with Crippen molar-refractivity contribution in [2.45, 2.75) is 30.7 Å². The van der Waals surface area contributed by atoms with Crippen LogP contribution in [0.4, 0.5) is 4.39 Å². The molecule has 0 aliphatic carbocycles. The van der Waals surface area contributed by atoms with Crippen LogP contribution in [-0.2, 0) is 19.6 Å². The minimum atomic E-state index is -3.89. The number of hydrogen-bond donors (Lipinski definition) is 2. The highest BCUT2D eigenvalue weighted by Gasteiger charge is 2.39. The highest BCUT2D eigenvalue weighted by atomic mass is 32.2. The Bertz CT molecular complexity index is 706. The summed E-state index contributed by atoms with van der Waals surface area (Å²) in [4.78, 5) is 23.6. The molecule has 0 spiro atoms. The standard InChI is InChI=1S/C15H20FN3O4S/c1-2-17-14(20)10-18-15(21)13-4-3-9-19(13)24(22,23)12-7-5-11(16)6-8-12/h5-8,13H,2-4,9-10H2,1H3,(H,17,20)(H,18,21)/t13-/m0/s1. The number of amides is 2. The zero-order valence-corrected chi connectivity index (χ0v) is 14.1. The molecule has 24 heavy (non-hydrogen) atoms. The van der Waals surface area contributed by atoms with E-state index in [1.54, 1.807) is 6.92 Å². The highest BCUT2D eigenvalue weighted by Crippen LogP contribution is 2.26. The van der Waals surface area contributed by atoms with Crippen molar-refractivity contribution in [2.75, 3.05) is 19.6 Å². The Hall–Kier alpha value is -2.00. The van der Waals surface area contributed by atoms with Crippen LogP contribution in [0.3, 0.4) is 0 Å². The third-order valence-electron chi connectivity index (χ3n) is 3.72. The van der Waals surface area contributed by atoms with Gasteiger partial charge >= 0.3 is 0 Å². The summed E-state index contributed by atoms with van der Waals surface area (Å²) < 4.78 is 39.4. The van der Waals surface area contributed by atoms with Gasteiger partial charge in [0.15, 0.2) is 0 Å². The van der Waals surface area contributed by atoms with Gasteiger partial charge in [-0.15, -0.1) is 0 Å². The van der Waals surface area contributed by atoms with Crippen LogP contribution in [-0.4, -0.2) is 50.2 Å². The van der Waals surface area contributed by atoms with Gasteiger partial charge in [0.1, 0.15) is 11.9 Å². The minimum Gasteiger partial charge on any atom is -0.355 e. The summed E-state index contributed by atoms with van der Waals surface area (Å²) in [5.74, 6) is -1.38. The maximum Gasteiger partial charge on any atom is 0.243 e. The van der Waals surface area contributed by atoms with Crippen molar-refractivity contribution in [3.63, 3.8) is 0 Å². The second kappa shape index (κ2) is 7.71. The van der Waals surface area contributed by atoms with E-state index in [4.69, 9.17) is 0 Å². The Labute approximate surface area is 140 Å². The molecule has 0 aromatic heterocycles. The summed E-state index contributed by atoms with van der Waals surface area (Å²) in [6.45, 7) is 2.21. The monoisotopic (exact) mass is 357 g/mol. The van der Waals surface area contributed by atoms with E-state index in [1.807, 2.05) is 0 Å². The molecule has 1 heterocycles. The van der Waals surface area contributed by atoms with Crippen molar-refractivity contribution in [3.05, 3.63) is 30.1 Å². The van der Waals surface area contributed by atoms with Gasteiger partial charge in [0.25, 0.3) is 0 Å². The summed E-state index contributed by atoms with van der Waals surface area (Å²) in [6, 6.07) is 3.61. The number of nitrogens with zero attached hydrogens (tertiary/aromatic N) is 1. The molecule has 1 fully saturated rings. The van der Waals surface area contributed by atoms with Crippen LogP contribution >= 0.6 is 0 Å². The molecule has 0 radical (unpaired) electrons. The number of carbonyl (C=O) groups is 2. The number of carbonyl (C=O) groups excluding carboxylic acids is 2. The lowest BCUT2D eigenvalue weighted by atomic mass is 10.2. The average Bonchev–Trinajstić information content (AvgIpc) is 3.04. The molecule has 9 heteroatoms. The van der Waals surface area contributed by atoms with E-state index in [0.29, 0.717) is 19.4 Å². The third-order valence-corrected chi connectivity index (χ3v) is 5.65. The molecule has 1 atom stereocenters. The van der Waals surface area contributed by atoms with Gasteiger partial charge < -0.3 is 10.6 Å². The first kappa shape index (κ1) is 18.3. The summed E-state index contributed by atoms with van der Waals surface area (Å²) in [5.41, 5.74) is 0. The van der Waals surface area contributed by atoms with Crippen LogP contribution in [0.25, 0.3) is 0 Å². The van der Waals surface area contributed by atoms with Crippen LogP contribution in [0.2, 0.25) is 0 Å². The van der Waals surface area contributed by atoms with Gasteiger partial charge in [-0.25, -0.2) is 12.8 Å². The molecule has 2 amide bonds. The predicted molar refractivity (Wildman–Crippen MR) is 85.0 cm³/mol. The summed E-state index contributed by atoms with van der Waals surface area (Å²) in [5, 5.41) is 5.00. The first-order valence-corrected chi connectivity index (χ1v) is 9.12. The van der Waals surface area contributed by atoms with E-state index in [9.17, 15) is 22.4 Å². The number of halogens is 1. The molecule has 1 aliphatic heterocycles. The summed E-state index contributed by atoms with van der Waals surface area (Å²) in [6.07, 6.45) is 0.918. The molecule has 2 rings (SSSR count). The number of benzene rings is 1. The Morgan fingerprint density at radius 1 is 1.25 bits per heavy atom. The number of rotatable bonds is 6. The number of hydrogen-bond acceptors (Lipinski definition) is 4. The van der Waals surface area contributed by atoms with Gasteiger partial charge in [-0.2, -0.15) is 4.31 Å². The molecule has 1 aliphatic rings. The first-order chi connectivity index (χ1) is 11.4. The maximum absolute atomic E-state index is 13.0. The van der Waals surface area contributed by atoms with E-state index in [1.165, 1.54) is 12.1 Å². The Morgan fingerprint density at radius 2 is 1.92 bits per heavy atom. The quantitative estimate of drug-likeness (QED) is 0.762. The van der Waals surface area contributed by atoms with Gasteiger partial charge in [0, 0.05) is 13.1 Å². The van der Waals surface area contributed by atoms with Gasteiger partial charge in [-0.05, 0) is 44.0 Å². The third kappa shape index (κ3) is 4.09. The van der Waals surface area contributed by atoms with Crippen molar-refractivity contribution in [1.29, 1.82) is 0 Å². The lowest BCUT2D eigenvalue weighted by Crippen LogP contribution is -2.48. The summed E-state index contributed by atoms with van der Waals surface area (Å²) >= 11 is 0. The molecule has 0 saturated carbocycles. The van der Waals surface area contributed by atoms with Crippen molar-refractivity contribution in [1.82, 2.24) is 14.9 Å². The van der Waals surface area contributed by atoms with E-state index in [-0.39, 0.29) is 23.9 Å². The van der Waals surface area contributed by atoms with Crippen molar-refractivity contribution >= 4 is 21.8 Å². The van der Waals surface area contributed by atoms with Gasteiger partial charge in [-0.1, -0.05) is 0 Å². The van der Waals surface area contributed by atoms with E-state index in [2.05, 4.69) is 10.6 Å². The Kier molecular flexibility index (Phi) is 5.89. The molecule has 7 nitrogen and oxygen atoms in total. The number of nitrogens with one attached hydrogen (secondary N) is 2. The Morgan fingerprint density at radius 3 is 2.54 bits per heavy atom. The normalized spacial score (nSPS) is 18.3. The summed E-state index contributed by atoms with van der Waals surface area (Å²) in [7, 11) is -3.89. The molecular weight excluding hydrogens is 337 g/mol. The molecular formula is C15H20FN3O4S. The predicted octanol–water partition coefficient (Wildman–Crippen LogP) is 0.231. The van der Waals surface area contributed by atoms with Crippen LogP contribution in [0.15, 0.2) is 29.2 Å². The van der Waals surface area contributed by atoms with Gasteiger partial charge in [0.05, 0.1) is 11.4 Å². The van der Waals surface area contributed by atoms with Crippen molar-refractivity contribution < 1.29 is 22.4 Å². The van der Waals surface area contributed by atoms with Gasteiger partial charge in [-0.3, -0.25) is 9.59 Å². The second-order valence-corrected chi connectivity index (χ2v) is 7.29. The largest absolute Gasteiger partial charge is 0.355 e. The topological polar surface area (TPSA) is 95.6 Å². The fourth-order valence-corrected chi connectivity index (χ4v) is 4.23. The van der Waals surface area contributed by atoms with E-state index < -0.39 is 27.8 Å². The molecule has 132 valence electrons. The number of sulfonamides is 1. The molecule has 0 bridgehead atoms. The van der Waals surface area contributed by atoms with Gasteiger partial charge in [0.2, 0.25) is 21.8 Å². The maximum atomic E-state index is 13.0. The van der Waals surface area contributed by atoms with Crippen molar-refractivity contribution in [3.8, 4) is 0 Å². The lowest BCUT2D eigenvalue weighted by Gasteiger charge is -2.23. The van der Waals surface area contributed by atoms with Crippen molar-refractivity contribution in [2.24, 2.45) is 0 Å². The lowest BCUT2D eigenvalue weighted by molar-refractivity contribution is -0.127. The smallest absolute Gasteiger partial charge is 0.243 e. The van der Waals surface area contributed by atoms with Crippen LogP contribution in [0.5, 0.6) is 0 Å². The Balaban J connectivity index is 2.10. The first-order valence-electron chi connectivity index (χ1n) is 7.68. The fourth-order valence-electron chi connectivity index (χ4n) is 2.58. The zero-order valence-electron chi connectivity index (χ0n) is 13.3. The molecule has 1 aromatic carbocycles. The minimum absolute atomic E-state index is 0.0627. The van der Waals surface area contributed by atoms with E-state index in [0.717, 1.165) is 16.4 Å². The average molecular weight is 357 g/mol. The fraction of sp³-hybridized carbons (Fsp3) is 0.467. The molecule has 1 saturated heterocycles. The SMILES string of the molecule is CCNC(=O)CNC(=O)[C@@H]1CCCN1S(=O)(=O)c1ccc(F)cc1. The van der Waals surface area contributed by atoms with Crippen LogP contribution in [0.1, 0.15) is 19.8 Å². The highest BCUT2D eigenvalue weighted by molar-refractivity contribution is 7.89. The second-order valence-electron chi connectivity index (χ2n) is 5.40. The van der Waals surface area contributed by atoms with Crippen LogP contribution < -0.4 is 10.6 Å². The zero-order chi connectivity index (χ0) is 17.7. The van der Waals surface area contributed by atoms with E-state index >= 15 is 0 Å². The number of likely N-dealkylation sites (N-methyl/N-ethyl adjacent to an activating group) is 1. The molecule has 0 unspecified atom stereocenters. The molecule has 1 aromatic rings.